The predicted molar refractivity (Wildman–Crippen MR) is 85.5 cm³/mol. The maximum absolute atomic E-state index is 12.6. The van der Waals surface area contributed by atoms with Gasteiger partial charge in [-0.3, -0.25) is 0 Å². The Kier molecular flexibility index (Phi) is 5.41. The SMILES string of the molecule is CC(C)CCc1ccc(S(=O)(=O)N2CCC(CN)C2)cc1. The number of hydrogen-bond donors (Lipinski definition) is 1. The molecule has 4 nitrogen and oxygen atoms in total. The number of sulfonamides is 1. The van der Waals surface area contributed by atoms with Crippen LogP contribution in [0.4, 0.5) is 0 Å². The highest BCUT2D eigenvalue weighted by Gasteiger charge is 2.31. The van der Waals surface area contributed by atoms with E-state index in [1.807, 2.05) is 12.1 Å². The summed E-state index contributed by atoms with van der Waals surface area (Å²) in [5.74, 6) is 0.955. The number of nitrogens with two attached hydrogens (primary N) is 1. The lowest BCUT2D eigenvalue weighted by Gasteiger charge is -2.16. The molecular formula is C16H26N2O2S. The minimum absolute atomic E-state index is 0.296. The zero-order chi connectivity index (χ0) is 15.5. The predicted octanol–water partition coefficient (Wildman–Crippen LogP) is 2.24. The third-order valence-corrected chi connectivity index (χ3v) is 6.03. The summed E-state index contributed by atoms with van der Waals surface area (Å²) >= 11 is 0. The first-order valence-electron chi connectivity index (χ1n) is 7.72. The van der Waals surface area contributed by atoms with Crippen molar-refractivity contribution in [2.75, 3.05) is 19.6 Å². The fourth-order valence-electron chi connectivity index (χ4n) is 2.64. The molecule has 0 radical (unpaired) electrons. The maximum atomic E-state index is 12.6. The Morgan fingerprint density at radius 1 is 1.29 bits per heavy atom. The first-order valence-corrected chi connectivity index (χ1v) is 9.16. The molecule has 21 heavy (non-hydrogen) atoms. The van der Waals surface area contributed by atoms with Gasteiger partial charge < -0.3 is 5.73 Å². The van der Waals surface area contributed by atoms with E-state index >= 15 is 0 Å². The van der Waals surface area contributed by atoms with Crippen molar-refractivity contribution in [3.8, 4) is 0 Å². The molecule has 1 aromatic rings. The number of nitrogens with zero attached hydrogens (tertiary/aromatic N) is 1. The van der Waals surface area contributed by atoms with Crippen molar-refractivity contribution < 1.29 is 8.42 Å². The number of rotatable bonds is 6. The monoisotopic (exact) mass is 310 g/mol. The average molecular weight is 310 g/mol. The first kappa shape index (κ1) is 16.5. The highest BCUT2D eigenvalue weighted by atomic mass is 32.2. The van der Waals surface area contributed by atoms with Gasteiger partial charge in [0.1, 0.15) is 0 Å². The molecule has 1 heterocycles. The fraction of sp³-hybridized carbons (Fsp3) is 0.625. The van der Waals surface area contributed by atoms with E-state index in [0.717, 1.165) is 19.3 Å². The van der Waals surface area contributed by atoms with Crippen LogP contribution < -0.4 is 5.73 Å². The number of benzene rings is 1. The van der Waals surface area contributed by atoms with E-state index < -0.39 is 10.0 Å². The molecule has 1 unspecified atom stereocenters. The molecule has 5 heteroatoms. The molecule has 2 N–H and O–H groups in total. The van der Waals surface area contributed by atoms with Gasteiger partial charge in [0.15, 0.2) is 0 Å². The van der Waals surface area contributed by atoms with Crippen LogP contribution in [-0.4, -0.2) is 32.4 Å². The van der Waals surface area contributed by atoms with Crippen LogP contribution in [0.25, 0.3) is 0 Å². The fourth-order valence-corrected chi connectivity index (χ4v) is 4.17. The van der Waals surface area contributed by atoms with Gasteiger partial charge in [-0.1, -0.05) is 26.0 Å². The van der Waals surface area contributed by atoms with Gasteiger partial charge in [0.25, 0.3) is 0 Å². The van der Waals surface area contributed by atoms with E-state index in [-0.39, 0.29) is 0 Å². The lowest BCUT2D eigenvalue weighted by atomic mass is 10.0. The molecule has 1 aliphatic rings. The van der Waals surface area contributed by atoms with Crippen LogP contribution in [0.15, 0.2) is 29.2 Å². The summed E-state index contributed by atoms with van der Waals surface area (Å²) < 4.78 is 26.7. The minimum atomic E-state index is -3.35. The number of hydrogen-bond acceptors (Lipinski definition) is 3. The molecule has 0 bridgehead atoms. The van der Waals surface area contributed by atoms with Gasteiger partial charge in [-0.2, -0.15) is 4.31 Å². The Hall–Kier alpha value is -0.910. The third kappa shape index (κ3) is 4.05. The quantitative estimate of drug-likeness (QED) is 0.876. The van der Waals surface area contributed by atoms with Crippen molar-refractivity contribution in [2.24, 2.45) is 17.6 Å². The van der Waals surface area contributed by atoms with Crippen molar-refractivity contribution in [3.05, 3.63) is 29.8 Å². The highest BCUT2D eigenvalue weighted by molar-refractivity contribution is 7.89. The van der Waals surface area contributed by atoms with E-state index in [4.69, 9.17) is 5.73 Å². The van der Waals surface area contributed by atoms with Crippen LogP contribution in [0.3, 0.4) is 0 Å². The second kappa shape index (κ2) is 6.90. The van der Waals surface area contributed by atoms with Crippen molar-refractivity contribution >= 4 is 10.0 Å². The first-order chi connectivity index (χ1) is 9.93. The van der Waals surface area contributed by atoms with Crippen LogP contribution in [0.5, 0.6) is 0 Å². The van der Waals surface area contributed by atoms with Crippen molar-refractivity contribution in [1.82, 2.24) is 4.31 Å². The second-order valence-corrected chi connectivity index (χ2v) is 8.27. The molecule has 1 saturated heterocycles. The van der Waals surface area contributed by atoms with Gasteiger partial charge in [-0.05, 0) is 55.3 Å². The smallest absolute Gasteiger partial charge is 0.243 e. The van der Waals surface area contributed by atoms with Gasteiger partial charge in [0.05, 0.1) is 4.90 Å². The van der Waals surface area contributed by atoms with Gasteiger partial charge in [-0.25, -0.2) is 8.42 Å². The van der Waals surface area contributed by atoms with Gasteiger partial charge in [0.2, 0.25) is 10.0 Å². The Labute approximate surface area is 128 Å². The Morgan fingerprint density at radius 2 is 1.95 bits per heavy atom. The average Bonchev–Trinajstić information content (AvgIpc) is 2.95. The van der Waals surface area contributed by atoms with Crippen LogP contribution in [0.2, 0.25) is 0 Å². The lowest BCUT2D eigenvalue weighted by molar-refractivity contribution is 0.459. The molecule has 118 valence electrons. The van der Waals surface area contributed by atoms with Crippen molar-refractivity contribution in [2.45, 2.75) is 38.0 Å². The Bertz CT molecular complexity index is 552. The highest BCUT2D eigenvalue weighted by Crippen LogP contribution is 2.24. The van der Waals surface area contributed by atoms with Gasteiger partial charge in [-0.15, -0.1) is 0 Å². The van der Waals surface area contributed by atoms with Crippen LogP contribution in [0, 0.1) is 11.8 Å². The molecule has 0 amide bonds. The summed E-state index contributed by atoms with van der Waals surface area (Å²) in [6, 6.07) is 7.35. The Morgan fingerprint density at radius 3 is 2.48 bits per heavy atom. The molecule has 1 aromatic carbocycles. The standard InChI is InChI=1S/C16H26N2O2S/c1-13(2)3-4-14-5-7-16(8-6-14)21(19,20)18-10-9-15(11-17)12-18/h5-8,13,15H,3-4,9-12,17H2,1-2H3. The molecule has 1 atom stereocenters. The van der Waals surface area contributed by atoms with E-state index in [0.29, 0.717) is 36.4 Å². The maximum Gasteiger partial charge on any atom is 0.243 e. The van der Waals surface area contributed by atoms with Crippen LogP contribution in [-0.2, 0) is 16.4 Å². The Balaban J connectivity index is 2.07. The molecule has 1 aliphatic heterocycles. The minimum Gasteiger partial charge on any atom is -0.330 e. The molecular weight excluding hydrogens is 284 g/mol. The molecule has 1 fully saturated rings. The summed E-state index contributed by atoms with van der Waals surface area (Å²) in [5.41, 5.74) is 6.83. The zero-order valence-electron chi connectivity index (χ0n) is 13.0. The van der Waals surface area contributed by atoms with Crippen molar-refractivity contribution in [3.63, 3.8) is 0 Å². The second-order valence-electron chi connectivity index (χ2n) is 6.33. The summed E-state index contributed by atoms with van der Waals surface area (Å²) in [4.78, 5) is 0.397. The van der Waals surface area contributed by atoms with Gasteiger partial charge in [0, 0.05) is 13.1 Å². The van der Waals surface area contributed by atoms with Crippen molar-refractivity contribution in [1.29, 1.82) is 0 Å². The van der Waals surface area contributed by atoms with Crippen LogP contribution in [0.1, 0.15) is 32.3 Å². The topological polar surface area (TPSA) is 63.4 Å². The molecule has 0 aliphatic carbocycles. The molecule has 0 spiro atoms. The summed E-state index contributed by atoms with van der Waals surface area (Å²) in [5, 5.41) is 0. The molecule has 0 aromatic heterocycles. The molecule has 2 rings (SSSR count). The summed E-state index contributed by atoms with van der Waals surface area (Å²) in [6.07, 6.45) is 2.98. The zero-order valence-corrected chi connectivity index (χ0v) is 13.8. The van der Waals surface area contributed by atoms with Crippen LogP contribution >= 0.6 is 0 Å². The summed E-state index contributed by atoms with van der Waals surface area (Å²) in [7, 11) is -3.35. The van der Waals surface area contributed by atoms with E-state index in [1.54, 1.807) is 16.4 Å². The normalized spacial score (nSPS) is 20.3. The number of aryl methyl sites for hydroxylation is 1. The summed E-state index contributed by atoms with van der Waals surface area (Å²) in [6.45, 7) is 6.08. The van der Waals surface area contributed by atoms with E-state index in [9.17, 15) is 8.42 Å². The largest absolute Gasteiger partial charge is 0.330 e. The third-order valence-electron chi connectivity index (χ3n) is 4.15. The van der Waals surface area contributed by atoms with E-state index in [1.165, 1.54) is 5.56 Å². The lowest BCUT2D eigenvalue weighted by Crippen LogP contribution is -2.30. The van der Waals surface area contributed by atoms with Gasteiger partial charge >= 0.3 is 0 Å². The van der Waals surface area contributed by atoms with E-state index in [2.05, 4.69) is 13.8 Å². The molecule has 0 saturated carbocycles.